The van der Waals surface area contributed by atoms with Gasteiger partial charge in [-0.1, -0.05) is 156 Å². The lowest BCUT2D eigenvalue weighted by atomic mass is 10.1. The molecule has 0 rings (SSSR count). The predicted octanol–water partition coefficient (Wildman–Crippen LogP) is 11.5. The van der Waals surface area contributed by atoms with Crippen LogP contribution < -0.4 is 5.32 Å². The highest BCUT2D eigenvalue weighted by atomic mass is 16.6. The third kappa shape index (κ3) is 45.8. The molecule has 1 amide bonds. The Bertz CT molecular complexity index is 1220. The maximum Gasteiger partial charge on any atom is 0.306 e. The SMILES string of the molecule is CCCCCCCCC(=O)OCC(COC(=O)CCCCCCCC)CC(=O)OCCC(CCOC(=O)CC(COC(=O)CCCCCCCC)COC(=O)CCCCCCCC)NC(=O)CCN(C)C. The molecule has 0 aliphatic carbocycles. The van der Waals surface area contributed by atoms with Crippen LogP contribution in [-0.4, -0.2) is 113 Å². The molecule has 71 heavy (non-hydrogen) atoms. The Labute approximate surface area is 430 Å². The number of carbonyl (C=O) groups excluding carboxylic acids is 7. The van der Waals surface area contributed by atoms with Crippen LogP contribution in [0.5, 0.6) is 0 Å². The number of nitrogens with one attached hydrogen (secondary N) is 1. The molecule has 0 aromatic carbocycles. The molecule has 0 saturated carbocycles. The van der Waals surface area contributed by atoms with Crippen molar-refractivity contribution in [2.45, 2.75) is 246 Å². The molecule has 0 fully saturated rings. The molecule has 0 saturated heterocycles. The molecule has 15 nitrogen and oxygen atoms in total. The van der Waals surface area contributed by atoms with Gasteiger partial charge in [-0.15, -0.1) is 0 Å². The quantitative estimate of drug-likeness (QED) is 0.0344. The number of esters is 6. The molecule has 0 aromatic rings. The largest absolute Gasteiger partial charge is 0.466 e. The van der Waals surface area contributed by atoms with Gasteiger partial charge >= 0.3 is 35.8 Å². The zero-order valence-electron chi connectivity index (χ0n) is 45.8. The third-order valence-corrected chi connectivity index (χ3v) is 12.4. The van der Waals surface area contributed by atoms with Gasteiger partial charge in [-0.3, -0.25) is 33.6 Å². The molecule has 414 valence electrons. The van der Waals surface area contributed by atoms with Crippen LogP contribution >= 0.6 is 0 Å². The van der Waals surface area contributed by atoms with Gasteiger partial charge in [0.2, 0.25) is 5.91 Å². The minimum absolute atomic E-state index is 0.0515. The Morgan fingerprint density at radius 1 is 0.366 bits per heavy atom. The monoisotopic (exact) mass is 1010 g/mol. The lowest BCUT2D eigenvalue weighted by molar-refractivity contribution is -0.155. The van der Waals surface area contributed by atoms with E-state index in [9.17, 15) is 33.6 Å². The smallest absolute Gasteiger partial charge is 0.306 e. The number of hydrogen-bond donors (Lipinski definition) is 1. The molecule has 0 aliphatic rings. The van der Waals surface area contributed by atoms with Crippen molar-refractivity contribution in [2.75, 3.05) is 60.3 Å². The number of carbonyl (C=O) groups is 7. The van der Waals surface area contributed by atoms with Crippen molar-refractivity contribution in [2.24, 2.45) is 11.8 Å². The first-order valence-corrected chi connectivity index (χ1v) is 28.2. The fraction of sp³-hybridized carbons (Fsp3) is 0.875. The standard InChI is InChI=1S/C56H102N2O13/c1-7-11-15-19-23-27-31-51(60)68-43-47(44-69-52(61)32-28-24-20-16-12-8-2)41-55(64)66-39-36-49(57-50(59)35-38-58(5)6)37-40-67-56(65)42-48(45-70-53(62)33-29-25-21-17-13-9-3)46-71-54(63)34-30-26-22-18-14-10-4/h47-49H,7-46H2,1-6H3,(H,57,59). The van der Waals surface area contributed by atoms with E-state index in [2.05, 4.69) is 33.0 Å². The fourth-order valence-corrected chi connectivity index (χ4v) is 7.80. The molecule has 0 bridgehead atoms. The summed E-state index contributed by atoms with van der Waals surface area (Å²) in [5.41, 5.74) is 0. The van der Waals surface area contributed by atoms with E-state index in [-0.39, 0.29) is 127 Å². The number of amides is 1. The summed E-state index contributed by atoms with van der Waals surface area (Å²) < 4.78 is 33.4. The molecule has 0 unspecified atom stereocenters. The van der Waals surface area contributed by atoms with Gasteiger partial charge in [-0.05, 0) is 39.8 Å². The third-order valence-electron chi connectivity index (χ3n) is 12.4. The van der Waals surface area contributed by atoms with Gasteiger partial charge in [0.05, 0.1) is 52.5 Å². The Hall–Kier alpha value is -3.75. The van der Waals surface area contributed by atoms with Crippen LogP contribution in [0.2, 0.25) is 0 Å². The summed E-state index contributed by atoms with van der Waals surface area (Å²) in [4.78, 5) is 91.6. The molecule has 1 N–H and O–H groups in total. The zero-order valence-corrected chi connectivity index (χ0v) is 45.8. The van der Waals surface area contributed by atoms with E-state index in [4.69, 9.17) is 28.4 Å². The number of hydrogen-bond acceptors (Lipinski definition) is 14. The van der Waals surface area contributed by atoms with Gasteiger partial charge in [0.25, 0.3) is 0 Å². The number of nitrogens with zero attached hydrogens (tertiary/aromatic N) is 1. The minimum Gasteiger partial charge on any atom is -0.466 e. The molecular weight excluding hydrogens is 909 g/mol. The lowest BCUT2D eigenvalue weighted by Crippen LogP contribution is -2.38. The van der Waals surface area contributed by atoms with Gasteiger partial charge in [-0.2, -0.15) is 0 Å². The second-order valence-electron chi connectivity index (χ2n) is 19.8. The number of rotatable bonds is 50. The molecule has 0 radical (unpaired) electrons. The van der Waals surface area contributed by atoms with E-state index in [1.54, 1.807) is 0 Å². The summed E-state index contributed by atoms with van der Waals surface area (Å²) in [6.07, 6.45) is 26.3. The van der Waals surface area contributed by atoms with Gasteiger partial charge in [0.1, 0.15) is 0 Å². The fourth-order valence-electron chi connectivity index (χ4n) is 7.80. The van der Waals surface area contributed by atoms with E-state index in [1.807, 2.05) is 19.0 Å². The maximum atomic E-state index is 13.2. The summed E-state index contributed by atoms with van der Waals surface area (Å²) in [7, 11) is 3.73. The molecule has 0 heterocycles. The van der Waals surface area contributed by atoms with Crippen LogP contribution in [0.25, 0.3) is 0 Å². The van der Waals surface area contributed by atoms with Crippen molar-refractivity contribution >= 4 is 41.7 Å². The van der Waals surface area contributed by atoms with Crippen LogP contribution in [-0.2, 0) is 62.0 Å². The Morgan fingerprint density at radius 2 is 0.648 bits per heavy atom. The summed E-state index contributed by atoms with van der Waals surface area (Å²) in [6, 6.07) is -0.506. The molecule has 0 spiro atoms. The van der Waals surface area contributed by atoms with Crippen molar-refractivity contribution in [3.8, 4) is 0 Å². The van der Waals surface area contributed by atoms with Crippen molar-refractivity contribution in [1.29, 1.82) is 0 Å². The summed E-state index contributed by atoms with van der Waals surface area (Å²) >= 11 is 0. The molecular formula is C56H102N2O13. The van der Waals surface area contributed by atoms with Crippen LogP contribution in [0.1, 0.15) is 240 Å². The van der Waals surface area contributed by atoms with Crippen molar-refractivity contribution in [3.05, 3.63) is 0 Å². The van der Waals surface area contributed by atoms with Crippen molar-refractivity contribution in [3.63, 3.8) is 0 Å². The van der Waals surface area contributed by atoms with E-state index in [0.717, 1.165) is 128 Å². The summed E-state index contributed by atoms with van der Waals surface area (Å²) in [5.74, 6) is -3.95. The normalized spacial score (nSPS) is 11.3. The highest BCUT2D eigenvalue weighted by Gasteiger charge is 2.23. The van der Waals surface area contributed by atoms with Crippen molar-refractivity contribution < 1.29 is 62.0 Å². The number of ether oxygens (including phenoxy) is 6. The average molecular weight is 1010 g/mol. The predicted molar refractivity (Wildman–Crippen MR) is 278 cm³/mol. The zero-order chi connectivity index (χ0) is 52.6. The van der Waals surface area contributed by atoms with Crippen LogP contribution in [0.15, 0.2) is 0 Å². The highest BCUT2D eigenvalue weighted by Crippen LogP contribution is 2.16. The van der Waals surface area contributed by atoms with Gasteiger partial charge in [-0.25, -0.2) is 0 Å². The van der Waals surface area contributed by atoms with Gasteiger partial charge in [0, 0.05) is 69.4 Å². The minimum atomic E-state index is -0.595. The first-order valence-electron chi connectivity index (χ1n) is 28.2. The topological polar surface area (TPSA) is 190 Å². The number of unbranched alkanes of at least 4 members (excludes halogenated alkanes) is 20. The molecule has 15 heteroatoms. The molecule has 0 aromatic heterocycles. The van der Waals surface area contributed by atoms with Crippen molar-refractivity contribution in [1.82, 2.24) is 10.2 Å². The summed E-state index contributed by atoms with van der Waals surface area (Å²) in [6.45, 7) is 8.68. The second-order valence-corrected chi connectivity index (χ2v) is 19.8. The van der Waals surface area contributed by atoms with Gasteiger partial charge in [0.15, 0.2) is 0 Å². The molecule has 0 aliphatic heterocycles. The van der Waals surface area contributed by atoms with Crippen LogP contribution in [0.4, 0.5) is 0 Å². The van der Waals surface area contributed by atoms with E-state index in [1.165, 1.54) is 25.7 Å². The van der Waals surface area contributed by atoms with Crippen LogP contribution in [0, 0.1) is 11.8 Å². The highest BCUT2D eigenvalue weighted by molar-refractivity contribution is 5.76. The van der Waals surface area contributed by atoms with Gasteiger partial charge < -0.3 is 38.6 Å². The van der Waals surface area contributed by atoms with E-state index >= 15 is 0 Å². The molecule has 0 atom stereocenters. The maximum absolute atomic E-state index is 13.2. The van der Waals surface area contributed by atoms with Crippen LogP contribution in [0.3, 0.4) is 0 Å². The first-order chi connectivity index (χ1) is 34.3. The Kier molecular flexibility index (Phi) is 46.0. The lowest BCUT2D eigenvalue weighted by Gasteiger charge is -2.21. The average Bonchev–Trinajstić information content (AvgIpc) is 3.34. The summed E-state index contributed by atoms with van der Waals surface area (Å²) in [5, 5.41) is 2.98. The van der Waals surface area contributed by atoms with E-state index in [0.29, 0.717) is 6.54 Å². The Balaban J connectivity index is 5.50. The second kappa shape index (κ2) is 48.5. The Morgan fingerprint density at radius 3 is 0.930 bits per heavy atom. The first kappa shape index (κ1) is 67.2. The van der Waals surface area contributed by atoms with E-state index < -0.39 is 29.8 Å².